The highest BCUT2D eigenvalue weighted by molar-refractivity contribution is 9.10. The molecule has 1 aromatic rings. The van der Waals surface area contributed by atoms with Crippen molar-refractivity contribution in [3.8, 4) is 5.75 Å². The number of aliphatic carboxylic acids is 1. The third-order valence-electron chi connectivity index (χ3n) is 2.50. The fourth-order valence-corrected chi connectivity index (χ4v) is 1.80. The summed E-state index contributed by atoms with van der Waals surface area (Å²) in [7, 11) is 0. The third-order valence-corrected chi connectivity index (χ3v) is 2.99. The number of nitrogens with one attached hydrogen (secondary N) is 1. The summed E-state index contributed by atoms with van der Waals surface area (Å²) in [6.07, 6.45) is -0.437. The lowest BCUT2D eigenvalue weighted by Gasteiger charge is -2.18. The molecule has 0 radical (unpaired) electrons. The lowest BCUT2D eigenvalue weighted by Crippen LogP contribution is -2.45. The molecule has 2 N–H and O–H groups in total. The molecule has 0 fully saturated rings. The number of hydrogen-bond donors (Lipinski definition) is 2. The first-order chi connectivity index (χ1) is 8.93. The Hall–Kier alpha value is -1.56. The van der Waals surface area contributed by atoms with E-state index < -0.39 is 24.0 Å². The second-order valence-corrected chi connectivity index (χ2v) is 4.94. The molecule has 5 nitrogen and oxygen atoms in total. The first-order valence-corrected chi connectivity index (χ1v) is 6.68. The highest BCUT2D eigenvalue weighted by Crippen LogP contribution is 2.18. The van der Waals surface area contributed by atoms with Crippen LogP contribution < -0.4 is 10.1 Å². The number of carbonyl (C=O) groups excluding carboxylic acids is 1. The van der Waals surface area contributed by atoms with E-state index in [-0.39, 0.29) is 0 Å². The number of carboxylic acids is 1. The maximum Gasteiger partial charge on any atom is 0.326 e. The molecule has 0 aromatic heterocycles. The van der Waals surface area contributed by atoms with Gasteiger partial charge in [0.1, 0.15) is 11.8 Å². The molecule has 0 aliphatic heterocycles. The molecule has 0 heterocycles. The summed E-state index contributed by atoms with van der Waals surface area (Å²) in [5.74, 6) is -0.958. The minimum atomic E-state index is -1.05. The molecule has 0 aliphatic rings. The van der Waals surface area contributed by atoms with E-state index in [1.807, 2.05) is 6.07 Å². The molecule has 0 spiro atoms. The summed E-state index contributed by atoms with van der Waals surface area (Å²) >= 11 is 3.30. The van der Waals surface area contributed by atoms with E-state index >= 15 is 0 Å². The van der Waals surface area contributed by atoms with Gasteiger partial charge in [-0.15, -0.1) is 0 Å². The molecule has 0 saturated heterocycles. The van der Waals surface area contributed by atoms with Crippen LogP contribution in [0.25, 0.3) is 0 Å². The minimum Gasteiger partial charge on any atom is -0.481 e. The van der Waals surface area contributed by atoms with Crippen molar-refractivity contribution in [3.05, 3.63) is 28.7 Å². The van der Waals surface area contributed by atoms with Gasteiger partial charge in [0.25, 0.3) is 5.91 Å². The number of halogens is 1. The van der Waals surface area contributed by atoms with Crippen molar-refractivity contribution >= 4 is 27.8 Å². The Bertz CT molecular complexity index is 464. The molecule has 1 aromatic carbocycles. The molecule has 0 bridgehead atoms. The molecule has 6 heteroatoms. The molecule has 19 heavy (non-hydrogen) atoms. The highest BCUT2D eigenvalue weighted by Gasteiger charge is 2.22. The zero-order valence-corrected chi connectivity index (χ0v) is 12.3. The fraction of sp³-hybridized carbons (Fsp3) is 0.385. The van der Waals surface area contributed by atoms with Crippen molar-refractivity contribution < 1.29 is 19.4 Å². The van der Waals surface area contributed by atoms with Crippen molar-refractivity contribution in [2.75, 3.05) is 0 Å². The van der Waals surface area contributed by atoms with Crippen molar-refractivity contribution in [2.24, 2.45) is 0 Å². The molecule has 104 valence electrons. The smallest absolute Gasteiger partial charge is 0.326 e. The summed E-state index contributed by atoms with van der Waals surface area (Å²) in [5, 5.41) is 11.3. The van der Waals surface area contributed by atoms with E-state index in [0.717, 1.165) is 4.47 Å². The molecular formula is C13H16BrNO4. The van der Waals surface area contributed by atoms with Crippen LogP contribution in [-0.2, 0) is 9.59 Å². The number of benzene rings is 1. The minimum absolute atomic E-state index is 0.324. The second-order valence-electron chi connectivity index (χ2n) is 4.03. The Labute approximate surface area is 120 Å². The Morgan fingerprint density at radius 3 is 2.68 bits per heavy atom. The van der Waals surface area contributed by atoms with Gasteiger partial charge in [0.2, 0.25) is 0 Å². The van der Waals surface area contributed by atoms with Gasteiger partial charge in [0.15, 0.2) is 6.10 Å². The maximum absolute atomic E-state index is 11.8. The van der Waals surface area contributed by atoms with Gasteiger partial charge in [0.05, 0.1) is 0 Å². The Morgan fingerprint density at radius 2 is 2.16 bits per heavy atom. The van der Waals surface area contributed by atoms with Crippen LogP contribution in [0.1, 0.15) is 20.3 Å². The van der Waals surface area contributed by atoms with Crippen LogP contribution in [-0.4, -0.2) is 29.1 Å². The Kier molecular flexibility index (Phi) is 5.82. The summed E-state index contributed by atoms with van der Waals surface area (Å²) in [6.45, 7) is 3.27. The number of hydrogen-bond acceptors (Lipinski definition) is 3. The Balaban J connectivity index is 2.60. The van der Waals surface area contributed by atoms with E-state index in [9.17, 15) is 9.59 Å². The lowest BCUT2D eigenvalue weighted by molar-refractivity contribution is -0.143. The topological polar surface area (TPSA) is 75.6 Å². The first kappa shape index (κ1) is 15.5. The molecule has 1 rings (SSSR count). The van der Waals surface area contributed by atoms with Gasteiger partial charge in [-0.05, 0) is 31.5 Å². The first-order valence-electron chi connectivity index (χ1n) is 5.89. The number of amides is 1. The molecule has 2 atom stereocenters. The van der Waals surface area contributed by atoms with E-state index in [2.05, 4.69) is 21.2 Å². The number of carboxylic acid groups (broad SMARTS) is 1. The summed E-state index contributed by atoms with van der Waals surface area (Å²) < 4.78 is 6.29. The largest absolute Gasteiger partial charge is 0.481 e. The monoisotopic (exact) mass is 329 g/mol. The molecular weight excluding hydrogens is 314 g/mol. The highest BCUT2D eigenvalue weighted by atomic mass is 79.9. The fourth-order valence-electron chi connectivity index (χ4n) is 1.43. The van der Waals surface area contributed by atoms with E-state index in [1.165, 1.54) is 0 Å². The average Bonchev–Trinajstić information content (AvgIpc) is 2.35. The van der Waals surface area contributed by atoms with Crippen LogP contribution in [0.2, 0.25) is 0 Å². The van der Waals surface area contributed by atoms with Gasteiger partial charge >= 0.3 is 5.97 Å². The van der Waals surface area contributed by atoms with E-state index in [0.29, 0.717) is 12.2 Å². The number of carbonyl (C=O) groups is 2. The normalized spacial score (nSPS) is 13.4. The zero-order valence-electron chi connectivity index (χ0n) is 10.7. The molecule has 1 amide bonds. The summed E-state index contributed by atoms with van der Waals surface area (Å²) in [4.78, 5) is 22.6. The van der Waals surface area contributed by atoms with Gasteiger partial charge < -0.3 is 15.2 Å². The quantitative estimate of drug-likeness (QED) is 0.838. The van der Waals surface area contributed by atoms with Crippen LogP contribution in [0, 0.1) is 0 Å². The molecule has 0 saturated carbocycles. The number of rotatable bonds is 6. The second kappa shape index (κ2) is 7.13. The lowest BCUT2D eigenvalue weighted by atomic mass is 10.2. The van der Waals surface area contributed by atoms with Crippen LogP contribution in [0.15, 0.2) is 28.7 Å². The van der Waals surface area contributed by atoms with Crippen molar-refractivity contribution in [1.82, 2.24) is 5.32 Å². The van der Waals surface area contributed by atoms with Gasteiger partial charge in [-0.2, -0.15) is 0 Å². The number of ether oxygens (including phenoxy) is 1. The van der Waals surface area contributed by atoms with Gasteiger partial charge in [-0.25, -0.2) is 4.79 Å². The van der Waals surface area contributed by atoms with Gasteiger partial charge in [-0.1, -0.05) is 28.9 Å². The predicted molar refractivity (Wildman–Crippen MR) is 74.1 cm³/mol. The predicted octanol–water partition coefficient (Wildman–Crippen LogP) is 2.20. The molecule has 0 aliphatic carbocycles. The van der Waals surface area contributed by atoms with Crippen LogP contribution in [0.3, 0.4) is 0 Å². The van der Waals surface area contributed by atoms with Gasteiger partial charge in [0, 0.05) is 4.47 Å². The Morgan fingerprint density at radius 1 is 1.47 bits per heavy atom. The maximum atomic E-state index is 11.8. The SMILES string of the molecule is CCC(NC(=O)C(C)Oc1cccc(Br)c1)C(=O)O. The van der Waals surface area contributed by atoms with E-state index in [4.69, 9.17) is 9.84 Å². The summed E-state index contributed by atoms with van der Waals surface area (Å²) in [6, 6.07) is 6.20. The van der Waals surface area contributed by atoms with Crippen molar-refractivity contribution in [1.29, 1.82) is 0 Å². The summed E-state index contributed by atoms with van der Waals surface area (Å²) in [5.41, 5.74) is 0. The van der Waals surface area contributed by atoms with Crippen LogP contribution >= 0.6 is 15.9 Å². The standard InChI is InChI=1S/C13H16BrNO4/c1-3-11(13(17)18)15-12(16)8(2)19-10-6-4-5-9(14)7-10/h4-8,11H,3H2,1-2H3,(H,15,16)(H,17,18). The molecule has 2 unspecified atom stereocenters. The van der Waals surface area contributed by atoms with E-state index in [1.54, 1.807) is 32.0 Å². The van der Waals surface area contributed by atoms with Crippen LogP contribution in [0.4, 0.5) is 0 Å². The van der Waals surface area contributed by atoms with Gasteiger partial charge in [-0.3, -0.25) is 4.79 Å². The third kappa shape index (κ3) is 4.90. The van der Waals surface area contributed by atoms with Crippen LogP contribution in [0.5, 0.6) is 5.75 Å². The van der Waals surface area contributed by atoms with Crippen molar-refractivity contribution in [2.45, 2.75) is 32.4 Å². The van der Waals surface area contributed by atoms with Crippen molar-refractivity contribution in [3.63, 3.8) is 0 Å². The zero-order chi connectivity index (χ0) is 14.4. The average molecular weight is 330 g/mol.